The molecule has 0 aliphatic heterocycles. The summed E-state index contributed by atoms with van der Waals surface area (Å²) in [6, 6.07) is 3.91. The second-order valence-electron chi connectivity index (χ2n) is 4.12. The van der Waals surface area contributed by atoms with Gasteiger partial charge in [-0.05, 0) is 28.1 Å². The third-order valence-corrected chi connectivity index (χ3v) is 3.47. The molecule has 2 N–H and O–H groups in total. The first-order valence-electron chi connectivity index (χ1n) is 6.03. The summed E-state index contributed by atoms with van der Waals surface area (Å²) in [7, 11) is 0. The monoisotopic (exact) mass is 320 g/mol. The second-order valence-corrected chi connectivity index (χ2v) is 4.94. The SMILES string of the molecule is CCc1ncc(CNc2ncnn3c(Br)ccc23)[nH]1. The van der Waals surface area contributed by atoms with Crippen LogP contribution in [-0.4, -0.2) is 24.6 Å². The van der Waals surface area contributed by atoms with Crippen LogP contribution < -0.4 is 5.32 Å². The average molecular weight is 321 g/mol. The molecule has 0 saturated heterocycles. The van der Waals surface area contributed by atoms with Crippen LogP contribution in [0.1, 0.15) is 18.4 Å². The van der Waals surface area contributed by atoms with Gasteiger partial charge in [0.25, 0.3) is 0 Å². The third kappa shape index (κ3) is 2.33. The quantitative estimate of drug-likeness (QED) is 0.774. The summed E-state index contributed by atoms with van der Waals surface area (Å²) in [5.41, 5.74) is 1.98. The van der Waals surface area contributed by atoms with Gasteiger partial charge in [0.15, 0.2) is 5.82 Å². The van der Waals surface area contributed by atoms with Crippen molar-refractivity contribution in [2.45, 2.75) is 19.9 Å². The van der Waals surface area contributed by atoms with Gasteiger partial charge in [-0.25, -0.2) is 14.5 Å². The molecule has 3 heterocycles. The summed E-state index contributed by atoms with van der Waals surface area (Å²) >= 11 is 3.44. The molecule has 7 heteroatoms. The number of aromatic nitrogens is 5. The van der Waals surface area contributed by atoms with E-state index in [0.717, 1.165) is 33.9 Å². The van der Waals surface area contributed by atoms with Gasteiger partial charge in [-0.15, -0.1) is 0 Å². The molecule has 0 fully saturated rings. The fourth-order valence-electron chi connectivity index (χ4n) is 1.89. The second kappa shape index (κ2) is 5.00. The summed E-state index contributed by atoms with van der Waals surface area (Å²) in [4.78, 5) is 11.8. The molecule has 98 valence electrons. The number of anilines is 1. The van der Waals surface area contributed by atoms with Crippen LogP contribution in [0.4, 0.5) is 5.82 Å². The van der Waals surface area contributed by atoms with Crippen LogP contribution in [0.25, 0.3) is 5.52 Å². The minimum atomic E-state index is 0.655. The van der Waals surface area contributed by atoms with Crippen molar-refractivity contribution in [2.75, 3.05) is 5.32 Å². The van der Waals surface area contributed by atoms with Gasteiger partial charge in [-0.3, -0.25) is 0 Å². The molecule has 0 amide bonds. The van der Waals surface area contributed by atoms with Crippen LogP contribution in [0.15, 0.2) is 29.3 Å². The fraction of sp³-hybridized carbons (Fsp3) is 0.250. The number of halogens is 1. The van der Waals surface area contributed by atoms with Crippen LogP contribution in [0.5, 0.6) is 0 Å². The number of H-pyrrole nitrogens is 1. The van der Waals surface area contributed by atoms with Gasteiger partial charge in [0.1, 0.15) is 22.3 Å². The molecule has 0 spiro atoms. The zero-order valence-electron chi connectivity index (χ0n) is 10.4. The minimum absolute atomic E-state index is 0.655. The Balaban J connectivity index is 1.81. The van der Waals surface area contributed by atoms with E-state index in [1.54, 1.807) is 4.52 Å². The van der Waals surface area contributed by atoms with Crippen LogP contribution in [0.3, 0.4) is 0 Å². The maximum Gasteiger partial charge on any atom is 0.154 e. The van der Waals surface area contributed by atoms with E-state index in [2.05, 4.69) is 48.2 Å². The first-order chi connectivity index (χ1) is 9.28. The Bertz CT molecular complexity index is 701. The number of nitrogens with one attached hydrogen (secondary N) is 2. The van der Waals surface area contributed by atoms with Gasteiger partial charge >= 0.3 is 0 Å². The van der Waals surface area contributed by atoms with Gasteiger partial charge in [-0.2, -0.15) is 5.10 Å². The first-order valence-corrected chi connectivity index (χ1v) is 6.82. The van der Waals surface area contributed by atoms with Crippen LogP contribution in [-0.2, 0) is 13.0 Å². The van der Waals surface area contributed by atoms with Crippen molar-refractivity contribution in [3.05, 3.63) is 40.8 Å². The molecular formula is C12H13BrN6. The Hall–Kier alpha value is -1.89. The maximum atomic E-state index is 4.27. The summed E-state index contributed by atoms with van der Waals surface area (Å²) in [6.45, 7) is 2.73. The van der Waals surface area contributed by atoms with Gasteiger partial charge in [0.05, 0.1) is 18.4 Å². The normalized spacial score (nSPS) is 11.1. The van der Waals surface area contributed by atoms with E-state index in [9.17, 15) is 0 Å². The van der Waals surface area contributed by atoms with Crippen molar-refractivity contribution in [1.82, 2.24) is 24.6 Å². The number of fused-ring (bicyclic) bond motifs is 1. The van der Waals surface area contributed by atoms with Crippen molar-refractivity contribution in [3.63, 3.8) is 0 Å². The predicted molar refractivity (Wildman–Crippen MR) is 76.0 cm³/mol. The van der Waals surface area contributed by atoms with E-state index in [-0.39, 0.29) is 0 Å². The Morgan fingerprint density at radius 3 is 3.05 bits per heavy atom. The van der Waals surface area contributed by atoms with Crippen molar-refractivity contribution in [3.8, 4) is 0 Å². The fourth-order valence-corrected chi connectivity index (χ4v) is 2.31. The highest BCUT2D eigenvalue weighted by atomic mass is 79.9. The smallest absolute Gasteiger partial charge is 0.154 e. The number of hydrogen-bond acceptors (Lipinski definition) is 4. The Morgan fingerprint density at radius 1 is 1.37 bits per heavy atom. The molecule has 0 aromatic carbocycles. The summed E-state index contributed by atoms with van der Waals surface area (Å²) in [5, 5.41) is 7.46. The molecule has 0 atom stereocenters. The largest absolute Gasteiger partial charge is 0.363 e. The number of nitrogens with zero attached hydrogens (tertiary/aromatic N) is 4. The molecule has 0 radical (unpaired) electrons. The summed E-state index contributed by atoms with van der Waals surface area (Å²) in [6.07, 6.45) is 4.28. The highest BCUT2D eigenvalue weighted by Gasteiger charge is 2.06. The lowest BCUT2D eigenvalue weighted by Crippen LogP contribution is -2.05. The number of aryl methyl sites for hydroxylation is 1. The van der Waals surface area contributed by atoms with Crippen molar-refractivity contribution in [1.29, 1.82) is 0 Å². The average Bonchev–Trinajstić information content (AvgIpc) is 3.04. The molecule has 0 aliphatic rings. The molecule has 3 rings (SSSR count). The first kappa shape index (κ1) is 12.2. The Labute approximate surface area is 118 Å². The molecule has 0 bridgehead atoms. The molecule has 0 aliphatic carbocycles. The van der Waals surface area contributed by atoms with Gasteiger partial charge in [0, 0.05) is 6.42 Å². The minimum Gasteiger partial charge on any atom is -0.363 e. The van der Waals surface area contributed by atoms with E-state index in [0.29, 0.717) is 6.54 Å². The molecule has 19 heavy (non-hydrogen) atoms. The lowest BCUT2D eigenvalue weighted by atomic mass is 10.4. The van der Waals surface area contributed by atoms with Crippen LogP contribution in [0, 0.1) is 0 Å². The predicted octanol–water partition coefficient (Wildman–Crippen LogP) is 2.39. The number of imidazole rings is 1. The molecule has 3 aromatic heterocycles. The Kier molecular flexibility index (Phi) is 3.20. The van der Waals surface area contributed by atoms with Crippen LogP contribution >= 0.6 is 15.9 Å². The van der Waals surface area contributed by atoms with Gasteiger partial charge < -0.3 is 10.3 Å². The van der Waals surface area contributed by atoms with Crippen LogP contribution in [0.2, 0.25) is 0 Å². The summed E-state index contributed by atoms with van der Waals surface area (Å²) < 4.78 is 2.70. The highest BCUT2D eigenvalue weighted by molar-refractivity contribution is 9.10. The third-order valence-electron chi connectivity index (χ3n) is 2.87. The van der Waals surface area contributed by atoms with E-state index in [4.69, 9.17) is 0 Å². The van der Waals surface area contributed by atoms with Gasteiger partial charge in [0.2, 0.25) is 0 Å². The zero-order valence-corrected chi connectivity index (χ0v) is 12.0. The lowest BCUT2D eigenvalue weighted by Gasteiger charge is -2.05. The van der Waals surface area contributed by atoms with E-state index in [1.165, 1.54) is 6.33 Å². The van der Waals surface area contributed by atoms with Crippen molar-refractivity contribution >= 4 is 27.3 Å². The Morgan fingerprint density at radius 2 is 2.26 bits per heavy atom. The molecule has 0 unspecified atom stereocenters. The zero-order chi connectivity index (χ0) is 13.2. The van der Waals surface area contributed by atoms with Crippen molar-refractivity contribution in [2.24, 2.45) is 0 Å². The van der Waals surface area contributed by atoms with Gasteiger partial charge in [-0.1, -0.05) is 6.92 Å². The molecule has 0 saturated carbocycles. The molecular weight excluding hydrogens is 308 g/mol. The topological polar surface area (TPSA) is 70.9 Å². The standard InChI is InChI=1S/C12H13BrN6/c1-2-11-14-5-8(18-11)6-15-12-9-3-4-10(13)19(9)17-7-16-12/h3-5,7H,2,6H2,1H3,(H,14,18)(H,15,16,17). The van der Waals surface area contributed by atoms with Crippen molar-refractivity contribution < 1.29 is 0 Å². The van der Waals surface area contributed by atoms with E-state index in [1.807, 2.05) is 18.3 Å². The number of aromatic amines is 1. The molecule has 3 aromatic rings. The lowest BCUT2D eigenvalue weighted by molar-refractivity contribution is 0.880. The highest BCUT2D eigenvalue weighted by Crippen LogP contribution is 2.19. The van der Waals surface area contributed by atoms with E-state index < -0.39 is 0 Å². The summed E-state index contributed by atoms with van der Waals surface area (Å²) in [5.74, 6) is 1.79. The molecule has 6 nitrogen and oxygen atoms in total. The van der Waals surface area contributed by atoms with E-state index >= 15 is 0 Å². The number of rotatable bonds is 4. The number of hydrogen-bond donors (Lipinski definition) is 2. The maximum absolute atomic E-state index is 4.27.